The lowest BCUT2D eigenvalue weighted by molar-refractivity contribution is 0.163. The highest BCUT2D eigenvalue weighted by atomic mass is 35.5. The van der Waals surface area contributed by atoms with E-state index in [-0.39, 0.29) is 5.56 Å². The minimum absolute atomic E-state index is 0.211. The average molecular weight is 336 g/mol. The van der Waals surface area contributed by atoms with Gasteiger partial charge < -0.3 is 4.84 Å². The summed E-state index contributed by atoms with van der Waals surface area (Å²) in [4.78, 5) is 18.4. The zero-order valence-electron chi connectivity index (χ0n) is 13.0. The predicted octanol–water partition coefficient (Wildman–Crippen LogP) is 4.49. The lowest BCUT2D eigenvalue weighted by Gasteiger charge is -2.11. The van der Waals surface area contributed by atoms with Gasteiger partial charge in [0.05, 0.1) is 16.1 Å². The summed E-state index contributed by atoms with van der Waals surface area (Å²) in [6, 6.07) is 21.1. The van der Waals surface area contributed by atoms with Crippen LogP contribution in [0.4, 0.5) is 0 Å². The normalized spacial score (nSPS) is 11.1. The molecule has 2 aliphatic rings. The van der Waals surface area contributed by atoms with Gasteiger partial charge in [-0.3, -0.25) is 4.79 Å². The smallest absolute Gasteiger partial charge is 0.292 e. The van der Waals surface area contributed by atoms with Gasteiger partial charge in [0, 0.05) is 16.5 Å². The van der Waals surface area contributed by atoms with Crippen LogP contribution in [-0.4, -0.2) is 11.8 Å². The summed E-state index contributed by atoms with van der Waals surface area (Å²) in [7, 11) is 1.49. The molecule has 4 rings (SSSR count). The van der Waals surface area contributed by atoms with Crippen LogP contribution in [0, 0.1) is 0 Å². The molecule has 1 heterocycles. The molecule has 0 N–H and O–H groups in total. The highest BCUT2D eigenvalue weighted by Gasteiger charge is 2.21. The second-order valence-corrected chi connectivity index (χ2v) is 5.90. The fraction of sp³-hybridized carbons (Fsp3) is 0.0500. The van der Waals surface area contributed by atoms with E-state index in [1.165, 1.54) is 11.8 Å². The Morgan fingerprint density at radius 1 is 0.917 bits per heavy atom. The summed E-state index contributed by atoms with van der Waals surface area (Å²) < 4.78 is 1.32. The zero-order chi connectivity index (χ0) is 16.7. The number of rotatable bonds is 2. The summed E-state index contributed by atoms with van der Waals surface area (Å²) in [6.45, 7) is 0. The van der Waals surface area contributed by atoms with E-state index in [1.54, 1.807) is 0 Å². The molecular formula is C20H14ClNO2. The molecular weight excluding hydrogens is 322 g/mol. The molecule has 0 saturated heterocycles. The number of fused-ring (bicyclic) bond motifs is 3. The number of benzene rings is 1. The Balaban J connectivity index is 2.19. The number of halogens is 1. The van der Waals surface area contributed by atoms with Crippen LogP contribution in [0.2, 0.25) is 5.02 Å². The van der Waals surface area contributed by atoms with Crippen molar-refractivity contribution in [2.24, 2.45) is 0 Å². The fourth-order valence-corrected chi connectivity index (χ4v) is 3.43. The lowest BCUT2D eigenvalue weighted by atomic mass is 10.1. The first-order chi connectivity index (χ1) is 11.7. The van der Waals surface area contributed by atoms with E-state index in [1.807, 2.05) is 66.7 Å². The Bertz CT molecular complexity index is 1070. The first-order valence-corrected chi connectivity index (χ1v) is 7.96. The first kappa shape index (κ1) is 14.8. The van der Waals surface area contributed by atoms with Gasteiger partial charge in [-0.1, -0.05) is 72.3 Å². The Hall–Kier alpha value is -2.78. The van der Waals surface area contributed by atoms with E-state index < -0.39 is 0 Å². The van der Waals surface area contributed by atoms with E-state index >= 15 is 0 Å². The highest BCUT2D eigenvalue weighted by Crippen LogP contribution is 2.41. The third-order valence-electron chi connectivity index (χ3n) is 4.20. The van der Waals surface area contributed by atoms with Crippen LogP contribution in [0.3, 0.4) is 0 Å². The Morgan fingerprint density at radius 3 is 2.21 bits per heavy atom. The Morgan fingerprint density at radius 2 is 1.54 bits per heavy atom. The second kappa shape index (κ2) is 5.69. The molecule has 2 aliphatic carbocycles. The van der Waals surface area contributed by atoms with Gasteiger partial charge in [0.25, 0.3) is 5.56 Å². The van der Waals surface area contributed by atoms with Crippen molar-refractivity contribution in [2.45, 2.75) is 0 Å². The fourth-order valence-electron chi connectivity index (χ4n) is 3.12. The van der Waals surface area contributed by atoms with Crippen LogP contribution in [-0.2, 0) is 0 Å². The van der Waals surface area contributed by atoms with Crippen LogP contribution >= 0.6 is 11.6 Å². The third-order valence-corrected chi connectivity index (χ3v) is 4.61. The predicted molar refractivity (Wildman–Crippen MR) is 97.8 cm³/mol. The van der Waals surface area contributed by atoms with Gasteiger partial charge in [-0.25, -0.2) is 0 Å². The maximum Gasteiger partial charge on any atom is 0.292 e. The van der Waals surface area contributed by atoms with Crippen molar-refractivity contribution in [3.63, 3.8) is 0 Å². The maximum absolute atomic E-state index is 13.1. The Kier molecular flexibility index (Phi) is 3.51. The maximum atomic E-state index is 13.1. The molecule has 0 unspecified atom stereocenters. The number of aromatic nitrogens is 1. The monoisotopic (exact) mass is 335 g/mol. The van der Waals surface area contributed by atoms with Crippen molar-refractivity contribution in [2.75, 3.05) is 7.11 Å². The molecule has 24 heavy (non-hydrogen) atoms. The van der Waals surface area contributed by atoms with Crippen LogP contribution < -0.4 is 10.4 Å². The summed E-state index contributed by atoms with van der Waals surface area (Å²) in [5.41, 5.74) is 3.05. The molecule has 0 atom stereocenters. The molecule has 0 spiro atoms. The minimum atomic E-state index is -0.211. The summed E-state index contributed by atoms with van der Waals surface area (Å²) in [5, 5.41) is 1.91. The van der Waals surface area contributed by atoms with Gasteiger partial charge in [-0.15, -0.1) is 4.73 Å². The van der Waals surface area contributed by atoms with Gasteiger partial charge in [0.1, 0.15) is 7.11 Å². The zero-order valence-corrected chi connectivity index (χ0v) is 13.7. The Labute approximate surface area is 144 Å². The van der Waals surface area contributed by atoms with Gasteiger partial charge in [-0.05, 0) is 11.6 Å². The van der Waals surface area contributed by atoms with Crippen molar-refractivity contribution in [3.8, 4) is 22.4 Å². The van der Waals surface area contributed by atoms with E-state index in [2.05, 4.69) is 0 Å². The molecule has 0 saturated carbocycles. The molecule has 2 aromatic rings. The first-order valence-electron chi connectivity index (χ1n) is 7.58. The standard InChI is InChI=1S/C20H14ClNO2/c1-24-22-17(13-8-4-2-5-9-13)12-16-18(20(22)23)14-10-6-3-7-11-15(14)19(16)21/h2-12H,1H3. The van der Waals surface area contributed by atoms with Gasteiger partial charge in [-0.2, -0.15) is 0 Å². The average Bonchev–Trinajstić information content (AvgIpc) is 2.78. The number of hydrogen-bond donors (Lipinski definition) is 0. The lowest BCUT2D eigenvalue weighted by Crippen LogP contribution is -2.26. The van der Waals surface area contributed by atoms with Crippen LogP contribution in [0.1, 0.15) is 0 Å². The summed E-state index contributed by atoms with van der Waals surface area (Å²) in [6.07, 6.45) is 0. The molecule has 1 aromatic carbocycles. The number of hydrogen-bond acceptors (Lipinski definition) is 2. The van der Waals surface area contributed by atoms with E-state index in [0.29, 0.717) is 16.1 Å². The summed E-state index contributed by atoms with van der Waals surface area (Å²) in [5.74, 6) is 0. The molecule has 0 amide bonds. The number of pyridine rings is 1. The van der Waals surface area contributed by atoms with Crippen molar-refractivity contribution < 1.29 is 4.84 Å². The third kappa shape index (κ3) is 2.09. The van der Waals surface area contributed by atoms with Crippen molar-refractivity contribution in [3.05, 3.63) is 82.1 Å². The second-order valence-electron chi connectivity index (χ2n) is 5.52. The van der Waals surface area contributed by atoms with Crippen LogP contribution in [0.5, 0.6) is 0 Å². The highest BCUT2D eigenvalue weighted by molar-refractivity contribution is 6.40. The van der Waals surface area contributed by atoms with Gasteiger partial charge >= 0.3 is 0 Å². The van der Waals surface area contributed by atoms with E-state index in [4.69, 9.17) is 16.4 Å². The molecule has 1 aromatic heterocycles. The quantitative estimate of drug-likeness (QED) is 0.540. The number of nitrogens with zero attached hydrogens (tertiary/aromatic N) is 1. The van der Waals surface area contributed by atoms with Crippen molar-refractivity contribution >= 4 is 22.4 Å². The molecule has 0 bridgehead atoms. The summed E-state index contributed by atoms with van der Waals surface area (Å²) >= 11 is 6.59. The van der Waals surface area contributed by atoms with E-state index in [0.717, 1.165) is 22.1 Å². The van der Waals surface area contributed by atoms with Gasteiger partial charge in [0.2, 0.25) is 0 Å². The topological polar surface area (TPSA) is 31.2 Å². The van der Waals surface area contributed by atoms with Crippen LogP contribution in [0.15, 0.2) is 71.5 Å². The molecule has 4 heteroatoms. The van der Waals surface area contributed by atoms with Crippen molar-refractivity contribution in [1.29, 1.82) is 0 Å². The molecule has 0 radical (unpaired) electrons. The molecule has 118 valence electrons. The molecule has 0 fully saturated rings. The minimum Gasteiger partial charge on any atom is -0.413 e. The largest absolute Gasteiger partial charge is 0.413 e. The van der Waals surface area contributed by atoms with Crippen LogP contribution in [0.25, 0.3) is 33.2 Å². The molecule has 0 aliphatic heterocycles. The SMILES string of the molecule is COn1c(-c2ccccc2)cc2c(Cl)c3cccccc-3c2c1=O. The van der Waals surface area contributed by atoms with E-state index in [9.17, 15) is 4.79 Å². The molecule has 3 nitrogen and oxygen atoms in total. The van der Waals surface area contributed by atoms with Gasteiger partial charge in [0.15, 0.2) is 0 Å². The van der Waals surface area contributed by atoms with Crippen molar-refractivity contribution in [1.82, 2.24) is 4.73 Å².